The Morgan fingerprint density at radius 3 is 2.53 bits per heavy atom. The average molecular weight is 282 g/mol. The van der Waals surface area contributed by atoms with Gasteiger partial charge in [0, 0.05) is 26.6 Å². The maximum absolute atomic E-state index is 12.0. The number of rotatable bonds is 10. The lowest BCUT2D eigenvalue weighted by Gasteiger charge is -2.21. The number of unbranched alkanes of at least 4 members (excludes halogenated alkanes) is 1. The van der Waals surface area contributed by atoms with Gasteiger partial charge >= 0.3 is 0 Å². The normalized spacial score (nSPS) is 11.9. The van der Waals surface area contributed by atoms with Gasteiger partial charge in [-0.05, 0) is 6.42 Å². The number of ether oxygens (including phenoxy) is 1. The van der Waals surface area contributed by atoms with Gasteiger partial charge in [0.1, 0.15) is 0 Å². The maximum atomic E-state index is 12.0. The highest BCUT2D eigenvalue weighted by atomic mass is 32.2. The van der Waals surface area contributed by atoms with E-state index >= 15 is 0 Å². The molecule has 0 fully saturated rings. The molecule has 102 valence electrons. The summed E-state index contributed by atoms with van der Waals surface area (Å²) in [6, 6.07) is 0. The summed E-state index contributed by atoms with van der Waals surface area (Å²) in [4.78, 5) is 0.332. The Bertz CT molecular complexity index is 318. The molecule has 0 saturated heterocycles. The summed E-state index contributed by atoms with van der Waals surface area (Å²) in [5, 5.41) is 0. The summed E-state index contributed by atoms with van der Waals surface area (Å²) in [5.74, 6) is 0.171. The Morgan fingerprint density at radius 1 is 1.41 bits per heavy atom. The van der Waals surface area contributed by atoms with Crippen molar-refractivity contribution in [3.05, 3.63) is 0 Å². The average Bonchev–Trinajstić information content (AvgIpc) is 2.25. The van der Waals surface area contributed by atoms with Crippen LogP contribution in [0.25, 0.3) is 0 Å². The van der Waals surface area contributed by atoms with Gasteiger partial charge in [-0.2, -0.15) is 4.31 Å². The molecular formula is C10H22N2O3S2. The monoisotopic (exact) mass is 282 g/mol. The fourth-order valence-corrected chi connectivity index (χ4v) is 3.00. The fourth-order valence-electron chi connectivity index (χ4n) is 1.27. The number of nitrogens with zero attached hydrogens (tertiary/aromatic N) is 1. The van der Waals surface area contributed by atoms with Crippen LogP contribution in [0, 0.1) is 0 Å². The Hall–Kier alpha value is -0.240. The molecule has 0 atom stereocenters. The fraction of sp³-hybridized carbons (Fsp3) is 0.900. The van der Waals surface area contributed by atoms with Crippen molar-refractivity contribution in [3.63, 3.8) is 0 Å². The van der Waals surface area contributed by atoms with E-state index in [0.717, 1.165) is 6.42 Å². The summed E-state index contributed by atoms with van der Waals surface area (Å²) in [6.45, 7) is 3.03. The highest BCUT2D eigenvalue weighted by molar-refractivity contribution is 7.89. The smallest absolute Gasteiger partial charge is 0.214 e. The van der Waals surface area contributed by atoms with Crippen molar-refractivity contribution in [2.45, 2.75) is 26.2 Å². The van der Waals surface area contributed by atoms with Gasteiger partial charge in [0.15, 0.2) is 0 Å². The van der Waals surface area contributed by atoms with Crippen molar-refractivity contribution >= 4 is 27.2 Å². The van der Waals surface area contributed by atoms with E-state index in [1.165, 1.54) is 4.31 Å². The van der Waals surface area contributed by atoms with Crippen molar-refractivity contribution in [1.82, 2.24) is 4.31 Å². The lowest BCUT2D eigenvalue weighted by atomic mass is 10.4. The molecule has 5 nitrogen and oxygen atoms in total. The molecule has 0 rings (SSSR count). The third kappa shape index (κ3) is 7.64. The van der Waals surface area contributed by atoms with E-state index in [0.29, 0.717) is 37.5 Å². The second-order valence-electron chi connectivity index (χ2n) is 3.78. The zero-order valence-electron chi connectivity index (χ0n) is 10.5. The van der Waals surface area contributed by atoms with Gasteiger partial charge in [-0.3, -0.25) is 0 Å². The third-order valence-electron chi connectivity index (χ3n) is 2.30. The van der Waals surface area contributed by atoms with Crippen LogP contribution in [-0.2, 0) is 14.8 Å². The largest absolute Gasteiger partial charge is 0.393 e. The molecule has 0 spiro atoms. The summed E-state index contributed by atoms with van der Waals surface area (Å²) < 4.78 is 30.3. The van der Waals surface area contributed by atoms with Crippen LogP contribution in [0.2, 0.25) is 0 Å². The van der Waals surface area contributed by atoms with E-state index in [1.54, 1.807) is 7.11 Å². The van der Waals surface area contributed by atoms with Crippen LogP contribution < -0.4 is 5.73 Å². The van der Waals surface area contributed by atoms with Crippen LogP contribution in [0.15, 0.2) is 0 Å². The van der Waals surface area contributed by atoms with Crippen LogP contribution >= 0.6 is 12.2 Å². The molecule has 0 radical (unpaired) electrons. The van der Waals surface area contributed by atoms with Gasteiger partial charge in [0.2, 0.25) is 10.0 Å². The molecule has 0 aliphatic heterocycles. The summed E-state index contributed by atoms with van der Waals surface area (Å²) in [7, 11) is -1.67. The van der Waals surface area contributed by atoms with Gasteiger partial charge in [-0.25, -0.2) is 8.42 Å². The Labute approximate surface area is 109 Å². The molecule has 0 amide bonds. The molecule has 17 heavy (non-hydrogen) atoms. The second-order valence-corrected chi connectivity index (χ2v) is 6.39. The molecule has 0 aliphatic rings. The van der Waals surface area contributed by atoms with Crippen molar-refractivity contribution in [2.24, 2.45) is 5.73 Å². The van der Waals surface area contributed by atoms with Crippen LogP contribution in [0.4, 0.5) is 0 Å². The molecule has 0 aromatic rings. The molecule has 0 aromatic heterocycles. The minimum absolute atomic E-state index is 0.171. The molecule has 2 N–H and O–H groups in total. The van der Waals surface area contributed by atoms with Crippen LogP contribution in [0.1, 0.15) is 26.2 Å². The molecule has 0 saturated carbocycles. The summed E-state index contributed by atoms with van der Waals surface area (Å²) in [5.41, 5.74) is 5.39. The maximum Gasteiger partial charge on any atom is 0.214 e. The zero-order chi connectivity index (χ0) is 13.3. The first-order chi connectivity index (χ1) is 7.94. The van der Waals surface area contributed by atoms with E-state index < -0.39 is 10.0 Å². The van der Waals surface area contributed by atoms with Crippen molar-refractivity contribution in [3.8, 4) is 0 Å². The summed E-state index contributed by atoms with van der Waals surface area (Å²) >= 11 is 4.76. The van der Waals surface area contributed by atoms with E-state index in [-0.39, 0.29) is 5.75 Å². The van der Waals surface area contributed by atoms with E-state index in [2.05, 4.69) is 0 Å². The number of sulfonamides is 1. The van der Waals surface area contributed by atoms with Crippen molar-refractivity contribution in [1.29, 1.82) is 0 Å². The molecule has 0 heterocycles. The van der Waals surface area contributed by atoms with Gasteiger partial charge in [-0.15, -0.1) is 0 Å². The number of nitrogens with two attached hydrogens (primary N) is 1. The molecular weight excluding hydrogens is 260 g/mol. The van der Waals surface area contributed by atoms with Gasteiger partial charge in [0.25, 0.3) is 0 Å². The van der Waals surface area contributed by atoms with Gasteiger partial charge in [0.05, 0.1) is 17.3 Å². The van der Waals surface area contributed by atoms with Crippen molar-refractivity contribution in [2.75, 3.05) is 32.6 Å². The Morgan fingerprint density at radius 2 is 2.06 bits per heavy atom. The van der Waals surface area contributed by atoms with E-state index in [4.69, 9.17) is 22.7 Å². The lowest BCUT2D eigenvalue weighted by molar-refractivity contribution is 0.179. The molecule has 0 bridgehead atoms. The second kappa shape index (κ2) is 8.79. The third-order valence-corrected chi connectivity index (χ3v) is 4.46. The van der Waals surface area contributed by atoms with E-state index in [1.807, 2.05) is 6.92 Å². The standard InChI is InChI=1S/C10H22N2O3S2/c1-3-4-9-17(13,14)12(7-8-15-2)6-5-10(11)16/h3-9H2,1-2H3,(H2,11,16). The Kier molecular flexibility index (Phi) is 8.67. The predicted octanol–water partition coefficient (Wildman–Crippen LogP) is 0.741. The minimum atomic E-state index is -3.21. The first kappa shape index (κ1) is 16.8. The molecule has 0 unspecified atom stereocenters. The molecule has 0 aromatic carbocycles. The van der Waals surface area contributed by atoms with Crippen LogP contribution in [0.5, 0.6) is 0 Å². The first-order valence-electron chi connectivity index (χ1n) is 5.69. The van der Waals surface area contributed by atoms with Crippen molar-refractivity contribution < 1.29 is 13.2 Å². The SMILES string of the molecule is CCCCS(=O)(=O)N(CCOC)CCC(N)=S. The quantitative estimate of drug-likeness (QED) is 0.598. The lowest BCUT2D eigenvalue weighted by Crippen LogP contribution is -2.37. The molecule has 7 heteroatoms. The number of methoxy groups -OCH3 is 1. The van der Waals surface area contributed by atoms with Gasteiger partial charge < -0.3 is 10.5 Å². The van der Waals surface area contributed by atoms with Crippen LogP contribution in [-0.4, -0.2) is 50.3 Å². The molecule has 0 aliphatic carbocycles. The van der Waals surface area contributed by atoms with E-state index in [9.17, 15) is 8.42 Å². The Balaban J connectivity index is 4.47. The highest BCUT2D eigenvalue weighted by Crippen LogP contribution is 2.06. The minimum Gasteiger partial charge on any atom is -0.393 e. The number of thiocarbonyl (C=S) groups is 1. The first-order valence-corrected chi connectivity index (χ1v) is 7.70. The topological polar surface area (TPSA) is 72.6 Å². The predicted molar refractivity (Wildman–Crippen MR) is 73.5 cm³/mol. The van der Waals surface area contributed by atoms with Gasteiger partial charge in [-0.1, -0.05) is 25.6 Å². The zero-order valence-corrected chi connectivity index (χ0v) is 12.1. The number of hydrogen-bond donors (Lipinski definition) is 1. The number of hydrogen-bond acceptors (Lipinski definition) is 4. The highest BCUT2D eigenvalue weighted by Gasteiger charge is 2.20. The van der Waals surface area contributed by atoms with Crippen LogP contribution in [0.3, 0.4) is 0 Å². The summed E-state index contributed by atoms with van der Waals surface area (Å²) in [6.07, 6.45) is 1.93.